The first-order valence-electron chi connectivity index (χ1n) is 8.21. The number of benzene rings is 2. The van der Waals surface area contributed by atoms with Crippen molar-refractivity contribution in [3.63, 3.8) is 0 Å². The number of pyridine rings is 1. The Hall–Kier alpha value is -2.82. The van der Waals surface area contributed by atoms with E-state index in [-0.39, 0.29) is 23.2 Å². The van der Waals surface area contributed by atoms with Gasteiger partial charge in [0.05, 0.1) is 5.56 Å². The highest BCUT2D eigenvalue weighted by Gasteiger charge is 2.29. The molecule has 0 saturated carbocycles. The summed E-state index contributed by atoms with van der Waals surface area (Å²) in [6.45, 7) is 1.04. The monoisotopic (exact) mass is 338 g/mol. The third kappa shape index (κ3) is 2.86. The van der Waals surface area contributed by atoms with Gasteiger partial charge in [-0.05, 0) is 30.2 Å². The molecule has 1 unspecified atom stereocenters. The maximum atomic E-state index is 14.0. The maximum absolute atomic E-state index is 14.0. The first-order chi connectivity index (χ1) is 12.1. The molecule has 25 heavy (non-hydrogen) atoms. The van der Waals surface area contributed by atoms with Crippen LogP contribution in [0, 0.1) is 11.6 Å². The van der Waals surface area contributed by atoms with E-state index in [9.17, 15) is 13.6 Å². The van der Waals surface area contributed by atoms with E-state index in [1.54, 1.807) is 35.2 Å². The molecule has 1 saturated heterocycles. The van der Waals surface area contributed by atoms with Crippen molar-refractivity contribution in [2.75, 3.05) is 13.1 Å². The number of rotatable bonds is 2. The standard InChI is InChI=1S/C20H16F2N2O/c21-17-6-2-1-5-16(17)14-8-9-24(12-14)20(25)15-10-13-4-3-7-18(22)19(13)23-11-15/h1-7,10-11,14H,8-9,12H2. The largest absolute Gasteiger partial charge is 0.338 e. The molecule has 1 aromatic heterocycles. The number of nitrogens with zero attached hydrogens (tertiary/aromatic N) is 2. The predicted molar refractivity (Wildman–Crippen MR) is 91.4 cm³/mol. The summed E-state index contributed by atoms with van der Waals surface area (Å²) in [6.07, 6.45) is 2.13. The number of aromatic nitrogens is 1. The lowest BCUT2D eigenvalue weighted by atomic mass is 9.98. The molecule has 0 bridgehead atoms. The molecule has 126 valence electrons. The highest BCUT2D eigenvalue weighted by molar-refractivity contribution is 5.97. The Bertz CT molecular complexity index is 957. The fourth-order valence-electron chi connectivity index (χ4n) is 3.43. The van der Waals surface area contributed by atoms with Crippen molar-refractivity contribution in [2.24, 2.45) is 0 Å². The second kappa shape index (κ2) is 6.24. The Labute approximate surface area is 143 Å². The van der Waals surface area contributed by atoms with Gasteiger partial charge in [0.25, 0.3) is 5.91 Å². The molecular weight excluding hydrogens is 322 g/mol. The van der Waals surface area contributed by atoms with Crippen molar-refractivity contribution in [2.45, 2.75) is 12.3 Å². The molecule has 1 atom stereocenters. The molecule has 0 N–H and O–H groups in total. The minimum atomic E-state index is -0.405. The van der Waals surface area contributed by atoms with Gasteiger partial charge in [-0.1, -0.05) is 30.3 Å². The van der Waals surface area contributed by atoms with E-state index < -0.39 is 5.82 Å². The van der Waals surface area contributed by atoms with Crippen LogP contribution >= 0.6 is 0 Å². The van der Waals surface area contributed by atoms with Crippen LogP contribution in [-0.4, -0.2) is 28.9 Å². The Morgan fingerprint density at radius 3 is 2.72 bits per heavy atom. The molecular formula is C20H16F2N2O. The SMILES string of the molecule is O=C(c1cnc2c(F)cccc2c1)N1CCC(c2ccccc2F)C1. The van der Waals surface area contributed by atoms with Crippen LogP contribution in [-0.2, 0) is 0 Å². The average Bonchev–Trinajstić information content (AvgIpc) is 3.11. The van der Waals surface area contributed by atoms with E-state index in [4.69, 9.17) is 0 Å². The summed E-state index contributed by atoms with van der Waals surface area (Å²) >= 11 is 0. The summed E-state index contributed by atoms with van der Waals surface area (Å²) in [5.74, 6) is -0.796. The fraction of sp³-hybridized carbons (Fsp3) is 0.200. The lowest BCUT2D eigenvalue weighted by molar-refractivity contribution is 0.0790. The van der Waals surface area contributed by atoms with Crippen LogP contribution in [0.3, 0.4) is 0 Å². The first-order valence-corrected chi connectivity index (χ1v) is 8.21. The van der Waals surface area contributed by atoms with E-state index in [1.807, 2.05) is 6.07 Å². The molecule has 2 heterocycles. The number of fused-ring (bicyclic) bond motifs is 1. The van der Waals surface area contributed by atoms with Crippen molar-refractivity contribution in [3.05, 3.63) is 77.5 Å². The highest BCUT2D eigenvalue weighted by atomic mass is 19.1. The van der Waals surface area contributed by atoms with E-state index in [1.165, 1.54) is 18.3 Å². The number of para-hydroxylation sites is 1. The van der Waals surface area contributed by atoms with E-state index >= 15 is 0 Å². The fourth-order valence-corrected chi connectivity index (χ4v) is 3.43. The number of hydrogen-bond donors (Lipinski definition) is 0. The zero-order valence-corrected chi connectivity index (χ0v) is 13.5. The molecule has 3 aromatic rings. The summed E-state index contributed by atoms with van der Waals surface area (Å²) in [4.78, 5) is 18.5. The number of likely N-dealkylation sites (tertiary alicyclic amines) is 1. The molecule has 4 rings (SSSR count). The number of amides is 1. The summed E-state index contributed by atoms with van der Waals surface area (Å²) in [7, 11) is 0. The molecule has 0 radical (unpaired) electrons. The van der Waals surface area contributed by atoms with Gasteiger partial charge in [-0.2, -0.15) is 0 Å². The van der Waals surface area contributed by atoms with Gasteiger partial charge in [0.15, 0.2) is 0 Å². The van der Waals surface area contributed by atoms with Gasteiger partial charge in [0.2, 0.25) is 0 Å². The average molecular weight is 338 g/mol. The Balaban J connectivity index is 1.57. The van der Waals surface area contributed by atoms with Crippen molar-refractivity contribution in [1.29, 1.82) is 0 Å². The van der Waals surface area contributed by atoms with Crippen LogP contribution in [0.2, 0.25) is 0 Å². The topological polar surface area (TPSA) is 33.2 Å². The van der Waals surface area contributed by atoms with Gasteiger partial charge in [-0.15, -0.1) is 0 Å². The lowest BCUT2D eigenvalue weighted by Crippen LogP contribution is -2.28. The number of carbonyl (C=O) groups excluding carboxylic acids is 1. The van der Waals surface area contributed by atoms with Gasteiger partial charge in [-0.25, -0.2) is 8.78 Å². The number of carbonyl (C=O) groups is 1. The molecule has 3 nitrogen and oxygen atoms in total. The summed E-state index contributed by atoms with van der Waals surface area (Å²) in [5, 5.41) is 0.593. The zero-order chi connectivity index (χ0) is 17.4. The van der Waals surface area contributed by atoms with Gasteiger partial charge in [-0.3, -0.25) is 9.78 Å². The lowest BCUT2D eigenvalue weighted by Gasteiger charge is -2.17. The van der Waals surface area contributed by atoms with Gasteiger partial charge >= 0.3 is 0 Å². The van der Waals surface area contributed by atoms with Crippen LogP contribution in [0.25, 0.3) is 10.9 Å². The van der Waals surface area contributed by atoms with Crippen LogP contribution in [0.4, 0.5) is 8.78 Å². The van der Waals surface area contributed by atoms with Crippen molar-refractivity contribution in [1.82, 2.24) is 9.88 Å². The van der Waals surface area contributed by atoms with Crippen LogP contribution in [0.1, 0.15) is 28.3 Å². The smallest absolute Gasteiger partial charge is 0.255 e. The van der Waals surface area contributed by atoms with Crippen molar-refractivity contribution >= 4 is 16.8 Å². The van der Waals surface area contributed by atoms with E-state index in [0.29, 0.717) is 29.6 Å². The summed E-state index contributed by atoms with van der Waals surface area (Å²) < 4.78 is 27.7. The Morgan fingerprint density at radius 1 is 1.08 bits per heavy atom. The molecule has 5 heteroatoms. The van der Waals surface area contributed by atoms with Gasteiger partial charge < -0.3 is 4.90 Å². The minimum absolute atomic E-state index is 0.00369. The van der Waals surface area contributed by atoms with Crippen LogP contribution in [0.5, 0.6) is 0 Å². The number of hydrogen-bond acceptors (Lipinski definition) is 2. The minimum Gasteiger partial charge on any atom is -0.338 e. The second-order valence-electron chi connectivity index (χ2n) is 6.29. The van der Waals surface area contributed by atoms with E-state index in [0.717, 1.165) is 6.42 Å². The molecule has 1 amide bonds. The van der Waals surface area contributed by atoms with Crippen molar-refractivity contribution < 1.29 is 13.6 Å². The third-order valence-corrected chi connectivity index (χ3v) is 4.73. The molecule has 1 aliphatic heterocycles. The van der Waals surface area contributed by atoms with Gasteiger partial charge in [0, 0.05) is 30.6 Å². The Morgan fingerprint density at radius 2 is 1.88 bits per heavy atom. The zero-order valence-electron chi connectivity index (χ0n) is 13.5. The molecule has 0 spiro atoms. The van der Waals surface area contributed by atoms with Crippen molar-refractivity contribution in [3.8, 4) is 0 Å². The molecule has 1 aliphatic rings. The molecule has 1 fully saturated rings. The summed E-state index contributed by atoms with van der Waals surface area (Å²) in [5.41, 5.74) is 1.33. The van der Waals surface area contributed by atoms with E-state index in [2.05, 4.69) is 4.98 Å². The summed E-state index contributed by atoms with van der Waals surface area (Å²) in [6, 6.07) is 13.0. The second-order valence-corrected chi connectivity index (χ2v) is 6.29. The highest BCUT2D eigenvalue weighted by Crippen LogP contribution is 2.30. The first kappa shape index (κ1) is 15.7. The predicted octanol–water partition coefficient (Wildman–Crippen LogP) is 4.14. The quantitative estimate of drug-likeness (QED) is 0.703. The van der Waals surface area contributed by atoms with Crippen LogP contribution < -0.4 is 0 Å². The molecule has 0 aliphatic carbocycles. The van der Waals surface area contributed by atoms with Gasteiger partial charge in [0.1, 0.15) is 17.2 Å². The maximum Gasteiger partial charge on any atom is 0.255 e. The Kier molecular flexibility index (Phi) is 3.92. The third-order valence-electron chi connectivity index (χ3n) is 4.73. The normalized spacial score (nSPS) is 17.2. The molecule has 2 aromatic carbocycles. The number of halogens is 2. The van der Waals surface area contributed by atoms with Crippen LogP contribution in [0.15, 0.2) is 54.7 Å².